The number of ether oxygens (including phenoxy) is 1. The number of benzene rings is 1. The number of nitrogens with one attached hydrogen (secondary N) is 3. The summed E-state index contributed by atoms with van der Waals surface area (Å²) in [5.41, 5.74) is 3.57. The molecule has 2 aliphatic heterocycles. The molecule has 1 atom stereocenters. The van der Waals surface area contributed by atoms with Gasteiger partial charge in [0.25, 0.3) is 12.3 Å². The van der Waals surface area contributed by atoms with Crippen LogP contribution in [0.4, 0.5) is 26.0 Å². The third-order valence-electron chi connectivity index (χ3n) is 11.1. The smallest absolute Gasteiger partial charge is 0.280 e. The fraction of sp³-hybridized carbons (Fsp3) is 0.488. The number of anilines is 3. The van der Waals surface area contributed by atoms with E-state index >= 15 is 0 Å². The largest absolute Gasteiger partial charge is 0.490 e. The molecule has 0 spiro atoms. The van der Waals surface area contributed by atoms with Crippen molar-refractivity contribution in [2.24, 2.45) is 5.92 Å². The maximum atomic E-state index is 13.4. The van der Waals surface area contributed by atoms with Crippen LogP contribution in [0.1, 0.15) is 99.3 Å². The quantitative estimate of drug-likeness (QED) is 0.134. The first-order chi connectivity index (χ1) is 26.5. The molecule has 4 aromatic rings. The number of rotatable bonds is 12. The molecule has 3 fully saturated rings. The van der Waals surface area contributed by atoms with Crippen molar-refractivity contribution in [1.82, 2.24) is 24.6 Å². The number of hydrogen-bond donors (Lipinski definition) is 3. The number of piperidine rings is 2. The first kappa shape index (κ1) is 38.2. The zero-order chi connectivity index (χ0) is 38.6. The van der Waals surface area contributed by atoms with Gasteiger partial charge in [-0.05, 0) is 102 Å². The van der Waals surface area contributed by atoms with E-state index in [0.29, 0.717) is 42.1 Å². The van der Waals surface area contributed by atoms with Crippen LogP contribution in [0.2, 0.25) is 0 Å². The molecule has 3 aliphatic rings. The number of carbonyl (C=O) groups excluding carboxylic acids is 3. The highest BCUT2D eigenvalue weighted by atomic mass is 19.3. The fourth-order valence-electron chi connectivity index (χ4n) is 8.17. The van der Waals surface area contributed by atoms with Gasteiger partial charge in [0.2, 0.25) is 11.8 Å². The van der Waals surface area contributed by atoms with Crippen molar-refractivity contribution in [1.29, 1.82) is 0 Å². The Bertz CT molecular complexity index is 2010. The molecule has 292 valence electrons. The van der Waals surface area contributed by atoms with Crippen molar-refractivity contribution in [2.75, 3.05) is 42.2 Å². The van der Waals surface area contributed by atoms with Crippen LogP contribution in [0, 0.1) is 5.92 Å². The number of alkyl halides is 2. The van der Waals surface area contributed by atoms with Gasteiger partial charge in [-0.3, -0.25) is 19.7 Å². The van der Waals surface area contributed by atoms with Gasteiger partial charge in [0.15, 0.2) is 0 Å². The van der Waals surface area contributed by atoms with Gasteiger partial charge in [0.05, 0.1) is 17.4 Å². The normalized spacial score (nSPS) is 21.0. The van der Waals surface area contributed by atoms with Crippen molar-refractivity contribution in [3.05, 3.63) is 77.9 Å². The summed E-state index contributed by atoms with van der Waals surface area (Å²) in [5.74, 6) is 0.363. The molecule has 1 saturated carbocycles. The minimum Gasteiger partial charge on any atom is -0.490 e. The van der Waals surface area contributed by atoms with Gasteiger partial charge < -0.3 is 29.6 Å². The monoisotopic (exact) mass is 756 g/mol. The minimum atomic E-state index is -2.74. The van der Waals surface area contributed by atoms with Gasteiger partial charge in [-0.1, -0.05) is 12.1 Å². The number of nitrogens with zero attached hydrogens (tertiary/aromatic N) is 5. The Morgan fingerprint density at radius 2 is 1.75 bits per heavy atom. The molecule has 3 aromatic heterocycles. The zero-order valence-corrected chi connectivity index (χ0v) is 31.6. The van der Waals surface area contributed by atoms with Crippen molar-refractivity contribution in [3.63, 3.8) is 0 Å². The van der Waals surface area contributed by atoms with Gasteiger partial charge in [-0.2, -0.15) is 0 Å². The molecule has 14 heteroatoms. The van der Waals surface area contributed by atoms with E-state index in [0.717, 1.165) is 75.2 Å². The van der Waals surface area contributed by atoms with Crippen molar-refractivity contribution in [3.8, 4) is 5.75 Å². The van der Waals surface area contributed by atoms with E-state index in [1.165, 1.54) is 18.2 Å². The maximum absolute atomic E-state index is 13.4. The predicted octanol–water partition coefficient (Wildman–Crippen LogP) is 6.80. The molecule has 5 heterocycles. The van der Waals surface area contributed by atoms with Crippen LogP contribution in [0.25, 0.3) is 5.65 Å². The molecule has 55 heavy (non-hydrogen) atoms. The lowest BCUT2D eigenvalue weighted by Gasteiger charge is -2.40. The second-order valence-corrected chi connectivity index (χ2v) is 15.4. The summed E-state index contributed by atoms with van der Waals surface area (Å²) in [4.78, 5) is 50.9. The lowest BCUT2D eigenvalue weighted by molar-refractivity contribution is -0.133. The Hall–Kier alpha value is -5.11. The number of aromatic nitrogens is 3. The molecule has 1 aromatic carbocycles. The third-order valence-corrected chi connectivity index (χ3v) is 11.1. The highest BCUT2D eigenvalue weighted by Gasteiger charge is 2.30. The number of fused-ring (bicyclic) bond motifs is 1. The average Bonchev–Trinajstić information content (AvgIpc) is 3.59. The summed E-state index contributed by atoms with van der Waals surface area (Å²) in [6.45, 7) is 6.75. The highest BCUT2D eigenvalue weighted by Crippen LogP contribution is 2.37. The molecular formula is C41H50F2N8O4. The van der Waals surface area contributed by atoms with Gasteiger partial charge in [-0.15, -0.1) is 0 Å². The van der Waals surface area contributed by atoms with Gasteiger partial charge in [0.1, 0.15) is 29.0 Å². The number of imidazole rings is 1. The SMILES string of the molecule is CC(C)Oc1cc2nc([C@H]3CC[C@H](CN(C)C4CCN(c5cccc(NC6CCC(=O)NC6=O)c5)CC4)CC3)cn2cc1C(=O)Nc1cccc(C(F)F)n1. The maximum Gasteiger partial charge on any atom is 0.280 e. The van der Waals surface area contributed by atoms with Crippen LogP contribution < -0.4 is 25.6 Å². The third kappa shape index (κ3) is 9.23. The summed E-state index contributed by atoms with van der Waals surface area (Å²) < 4.78 is 34.3. The number of hydrogen-bond acceptors (Lipinski definition) is 9. The topological polar surface area (TPSA) is 133 Å². The van der Waals surface area contributed by atoms with Gasteiger partial charge >= 0.3 is 0 Å². The zero-order valence-electron chi connectivity index (χ0n) is 31.6. The molecule has 1 unspecified atom stereocenters. The number of amides is 3. The molecule has 0 bridgehead atoms. The number of imide groups is 1. The Morgan fingerprint density at radius 3 is 2.47 bits per heavy atom. The lowest BCUT2D eigenvalue weighted by Crippen LogP contribution is -2.47. The van der Waals surface area contributed by atoms with E-state index in [9.17, 15) is 23.2 Å². The summed E-state index contributed by atoms with van der Waals surface area (Å²) >= 11 is 0. The highest BCUT2D eigenvalue weighted by molar-refractivity contribution is 6.06. The molecule has 1 aliphatic carbocycles. The van der Waals surface area contributed by atoms with Gasteiger partial charge in [0, 0.05) is 67.8 Å². The summed E-state index contributed by atoms with van der Waals surface area (Å²) in [6.07, 6.45) is 8.08. The predicted molar refractivity (Wildman–Crippen MR) is 207 cm³/mol. The number of halogens is 2. The van der Waals surface area contributed by atoms with E-state index in [-0.39, 0.29) is 29.3 Å². The van der Waals surface area contributed by atoms with Crippen molar-refractivity contribution >= 4 is 40.6 Å². The van der Waals surface area contributed by atoms with E-state index in [4.69, 9.17) is 9.72 Å². The Kier molecular flexibility index (Phi) is 11.6. The number of pyridine rings is 2. The molecule has 7 rings (SSSR count). The van der Waals surface area contributed by atoms with E-state index in [2.05, 4.69) is 49.9 Å². The van der Waals surface area contributed by atoms with Crippen molar-refractivity contribution in [2.45, 2.75) is 95.7 Å². The van der Waals surface area contributed by atoms with E-state index in [1.807, 2.05) is 36.6 Å². The standard InChI is InChI=1S/C41H50F2N8O4/c1-25(2)55-35-21-37-46-34(24-51(37)23-31(35)40(53)47-36-9-5-8-32(45-36)39(42)43)27-12-10-26(11-13-27)22-49(3)29-16-18-50(19-17-29)30-7-4-6-28(20-30)44-33-14-15-38(52)48-41(33)54/h4-9,20-21,23-27,29,33,39,44H,10-19,22H2,1-3H3,(H,45,47,53)(H,48,52,54)/t26-,27-,33?. The molecule has 2 saturated heterocycles. The number of carbonyl (C=O) groups is 3. The summed E-state index contributed by atoms with van der Waals surface area (Å²) in [7, 11) is 2.26. The lowest BCUT2D eigenvalue weighted by atomic mass is 9.80. The van der Waals surface area contributed by atoms with E-state index < -0.39 is 24.1 Å². The van der Waals surface area contributed by atoms with Crippen LogP contribution in [0.5, 0.6) is 5.75 Å². The second kappa shape index (κ2) is 16.7. The molecule has 12 nitrogen and oxygen atoms in total. The minimum absolute atomic E-state index is 0.0430. The van der Waals surface area contributed by atoms with Crippen LogP contribution in [-0.2, 0) is 9.59 Å². The Labute approximate surface area is 320 Å². The first-order valence-electron chi connectivity index (χ1n) is 19.4. The van der Waals surface area contributed by atoms with Crippen LogP contribution >= 0.6 is 0 Å². The fourth-order valence-corrected chi connectivity index (χ4v) is 8.17. The van der Waals surface area contributed by atoms with Crippen LogP contribution in [-0.4, -0.2) is 81.9 Å². The molecule has 3 N–H and O–H groups in total. The van der Waals surface area contributed by atoms with Crippen LogP contribution in [0.15, 0.2) is 60.9 Å². The second-order valence-electron chi connectivity index (χ2n) is 15.4. The van der Waals surface area contributed by atoms with E-state index in [1.54, 1.807) is 12.3 Å². The Morgan fingerprint density at radius 1 is 0.982 bits per heavy atom. The first-order valence-corrected chi connectivity index (χ1v) is 19.4. The molecule has 0 radical (unpaired) electrons. The molecular weight excluding hydrogens is 706 g/mol. The Balaban J connectivity index is 0.916. The van der Waals surface area contributed by atoms with Crippen LogP contribution in [0.3, 0.4) is 0 Å². The summed E-state index contributed by atoms with van der Waals surface area (Å²) in [5, 5.41) is 8.37. The van der Waals surface area contributed by atoms with Crippen molar-refractivity contribution < 1.29 is 27.9 Å². The summed E-state index contributed by atoms with van der Waals surface area (Å²) in [6, 6.07) is 14.2. The van der Waals surface area contributed by atoms with Gasteiger partial charge in [-0.25, -0.2) is 18.7 Å². The average molecular weight is 757 g/mol. The molecule has 3 amide bonds.